The number of anilines is 1. The van der Waals surface area contributed by atoms with Crippen LogP contribution >= 0.6 is 0 Å². The summed E-state index contributed by atoms with van der Waals surface area (Å²) in [5.41, 5.74) is 0.930. The summed E-state index contributed by atoms with van der Waals surface area (Å²) in [5, 5.41) is 18.2. The molecule has 0 aromatic heterocycles. The van der Waals surface area contributed by atoms with Crippen molar-refractivity contribution in [3.63, 3.8) is 0 Å². The number of rotatable bonds is 6. The fourth-order valence-corrected chi connectivity index (χ4v) is 1.53. The molecule has 0 aliphatic carbocycles. The minimum absolute atomic E-state index is 0.0318. The van der Waals surface area contributed by atoms with Crippen molar-refractivity contribution in [3.05, 3.63) is 23.8 Å². The van der Waals surface area contributed by atoms with E-state index >= 15 is 0 Å². The van der Waals surface area contributed by atoms with Gasteiger partial charge in [-0.2, -0.15) is 0 Å². The summed E-state index contributed by atoms with van der Waals surface area (Å²) in [6.07, 6.45) is 0.608. The molecule has 1 rings (SSSR count). The van der Waals surface area contributed by atoms with E-state index in [-0.39, 0.29) is 17.7 Å². The number of carboxylic acid groups (broad SMARTS) is 1. The van der Waals surface area contributed by atoms with Crippen molar-refractivity contribution in [2.24, 2.45) is 0 Å². The maximum absolute atomic E-state index is 10.5. The Balaban J connectivity index is 0.00000154. The molecule has 0 fully saturated rings. The molecule has 106 valence electrons. The topological polar surface area (TPSA) is 77.8 Å². The van der Waals surface area contributed by atoms with Crippen molar-refractivity contribution >= 4 is 17.9 Å². The molecule has 0 radical (unpaired) electrons. The van der Waals surface area contributed by atoms with Gasteiger partial charge in [-0.05, 0) is 19.1 Å². The number of nitrogens with zero attached hydrogens (tertiary/aromatic N) is 1. The van der Waals surface area contributed by atoms with Crippen LogP contribution in [-0.4, -0.2) is 35.6 Å². The highest BCUT2D eigenvalue weighted by atomic mass is 16.4. The van der Waals surface area contributed by atoms with Gasteiger partial charge in [-0.25, -0.2) is 0 Å². The lowest BCUT2D eigenvalue weighted by molar-refractivity contribution is -0.136. The molecule has 0 aliphatic rings. The van der Waals surface area contributed by atoms with Gasteiger partial charge in [0.25, 0.3) is 0 Å². The summed E-state index contributed by atoms with van der Waals surface area (Å²) < 4.78 is 0. The third-order valence-electron chi connectivity index (χ3n) is 2.48. The van der Waals surface area contributed by atoms with Crippen LogP contribution in [0.5, 0.6) is 5.75 Å². The monoisotopic (exact) mass is 267 g/mol. The SMILES string of the molecule is CC.CCN(CCC(=O)O)c1ccc(C=O)c(O)c1. The van der Waals surface area contributed by atoms with E-state index in [0.717, 1.165) is 0 Å². The van der Waals surface area contributed by atoms with E-state index in [4.69, 9.17) is 5.11 Å². The second-order valence-electron chi connectivity index (χ2n) is 3.58. The Morgan fingerprint density at radius 2 is 2.00 bits per heavy atom. The summed E-state index contributed by atoms with van der Waals surface area (Å²) in [5.74, 6) is -0.955. The number of aliphatic carboxylic acids is 1. The van der Waals surface area contributed by atoms with Gasteiger partial charge >= 0.3 is 5.97 Å². The molecule has 1 aromatic rings. The van der Waals surface area contributed by atoms with Crippen LogP contribution in [0.15, 0.2) is 18.2 Å². The highest BCUT2D eigenvalue weighted by Gasteiger charge is 2.09. The van der Waals surface area contributed by atoms with E-state index in [1.165, 1.54) is 12.1 Å². The number of carbonyl (C=O) groups excluding carboxylic acids is 1. The van der Waals surface area contributed by atoms with Crippen LogP contribution in [0.3, 0.4) is 0 Å². The highest BCUT2D eigenvalue weighted by Crippen LogP contribution is 2.23. The summed E-state index contributed by atoms with van der Waals surface area (Å²) in [7, 11) is 0. The lowest BCUT2D eigenvalue weighted by Gasteiger charge is -2.22. The molecule has 0 unspecified atom stereocenters. The van der Waals surface area contributed by atoms with Gasteiger partial charge < -0.3 is 15.1 Å². The molecule has 1 aromatic carbocycles. The number of benzene rings is 1. The minimum atomic E-state index is -0.864. The van der Waals surface area contributed by atoms with Crippen LogP contribution in [0.4, 0.5) is 5.69 Å². The first-order valence-electron chi connectivity index (χ1n) is 6.33. The molecule has 5 heteroatoms. The molecule has 0 saturated carbocycles. The number of phenols is 1. The standard InChI is InChI=1S/C12H15NO4.C2H6/c1-2-13(6-5-12(16)17)10-4-3-9(8-14)11(15)7-10;1-2/h3-4,7-8,15H,2,5-6H2,1H3,(H,16,17);1-2H3. The summed E-state index contributed by atoms with van der Waals surface area (Å²) in [4.78, 5) is 22.9. The van der Waals surface area contributed by atoms with Crippen LogP contribution in [0, 0.1) is 0 Å². The first-order valence-corrected chi connectivity index (χ1v) is 6.33. The largest absolute Gasteiger partial charge is 0.507 e. The van der Waals surface area contributed by atoms with E-state index in [2.05, 4.69) is 0 Å². The maximum atomic E-state index is 10.5. The van der Waals surface area contributed by atoms with Crippen molar-refractivity contribution in [2.45, 2.75) is 27.2 Å². The van der Waals surface area contributed by atoms with Crippen molar-refractivity contribution in [3.8, 4) is 5.75 Å². The van der Waals surface area contributed by atoms with Gasteiger partial charge in [0, 0.05) is 24.8 Å². The zero-order valence-electron chi connectivity index (χ0n) is 11.6. The lowest BCUT2D eigenvalue weighted by atomic mass is 10.2. The van der Waals surface area contributed by atoms with Crippen LogP contribution < -0.4 is 4.90 Å². The number of aldehydes is 1. The normalized spacial score (nSPS) is 9.21. The van der Waals surface area contributed by atoms with E-state index in [1.54, 1.807) is 6.07 Å². The first-order chi connectivity index (χ1) is 9.08. The molecule has 0 bridgehead atoms. The van der Waals surface area contributed by atoms with Crippen LogP contribution in [0.25, 0.3) is 0 Å². The molecular weight excluding hydrogens is 246 g/mol. The van der Waals surface area contributed by atoms with E-state index in [1.807, 2.05) is 25.7 Å². The lowest BCUT2D eigenvalue weighted by Crippen LogP contribution is -2.25. The molecular formula is C14H21NO4. The molecule has 5 nitrogen and oxygen atoms in total. The fraction of sp³-hybridized carbons (Fsp3) is 0.429. The van der Waals surface area contributed by atoms with Gasteiger partial charge in [0.15, 0.2) is 6.29 Å². The van der Waals surface area contributed by atoms with Gasteiger partial charge in [-0.15, -0.1) is 0 Å². The predicted octanol–water partition coefficient (Wildman–Crippen LogP) is 2.53. The number of hydrogen-bond donors (Lipinski definition) is 2. The van der Waals surface area contributed by atoms with Crippen LogP contribution in [-0.2, 0) is 4.79 Å². The maximum Gasteiger partial charge on any atom is 0.305 e. The molecule has 0 amide bonds. The number of aromatic hydroxyl groups is 1. The van der Waals surface area contributed by atoms with E-state index in [0.29, 0.717) is 25.1 Å². The van der Waals surface area contributed by atoms with Gasteiger partial charge in [0.05, 0.1) is 12.0 Å². The number of hydrogen-bond acceptors (Lipinski definition) is 4. The first kappa shape index (κ1) is 17.0. The Kier molecular flexibility index (Phi) is 8.00. The zero-order chi connectivity index (χ0) is 14.8. The van der Waals surface area contributed by atoms with Crippen molar-refractivity contribution in [1.29, 1.82) is 0 Å². The van der Waals surface area contributed by atoms with Crippen LogP contribution in [0.1, 0.15) is 37.6 Å². The summed E-state index contributed by atoms with van der Waals surface area (Å²) >= 11 is 0. The molecule has 0 atom stereocenters. The molecule has 0 saturated heterocycles. The molecule has 2 N–H and O–H groups in total. The van der Waals surface area contributed by atoms with Crippen LogP contribution in [0.2, 0.25) is 0 Å². The van der Waals surface area contributed by atoms with Gasteiger partial charge in [-0.3, -0.25) is 9.59 Å². The number of carbonyl (C=O) groups is 2. The number of carboxylic acids is 1. The Hall–Kier alpha value is -2.04. The molecule has 0 heterocycles. The third kappa shape index (κ3) is 5.42. The third-order valence-corrected chi connectivity index (χ3v) is 2.48. The Labute approximate surface area is 113 Å². The average Bonchev–Trinajstić information content (AvgIpc) is 2.41. The van der Waals surface area contributed by atoms with E-state index in [9.17, 15) is 14.7 Å². The van der Waals surface area contributed by atoms with E-state index < -0.39 is 5.97 Å². The predicted molar refractivity (Wildman–Crippen MR) is 75.0 cm³/mol. The Morgan fingerprint density at radius 3 is 2.42 bits per heavy atom. The van der Waals surface area contributed by atoms with Crippen molar-refractivity contribution in [2.75, 3.05) is 18.0 Å². The second-order valence-corrected chi connectivity index (χ2v) is 3.58. The smallest absolute Gasteiger partial charge is 0.305 e. The molecule has 19 heavy (non-hydrogen) atoms. The van der Waals surface area contributed by atoms with Gasteiger partial charge in [-0.1, -0.05) is 13.8 Å². The number of phenolic OH excluding ortho intramolecular Hbond substituents is 1. The average molecular weight is 267 g/mol. The second kappa shape index (κ2) is 8.97. The molecule has 0 aliphatic heterocycles. The summed E-state index contributed by atoms with van der Waals surface area (Å²) in [6, 6.07) is 4.67. The van der Waals surface area contributed by atoms with Gasteiger partial charge in [0.2, 0.25) is 0 Å². The Bertz CT molecular complexity index is 418. The molecule has 0 spiro atoms. The highest BCUT2D eigenvalue weighted by molar-refractivity contribution is 5.80. The van der Waals surface area contributed by atoms with Gasteiger partial charge in [0.1, 0.15) is 5.75 Å². The van der Waals surface area contributed by atoms with Crippen molar-refractivity contribution in [1.82, 2.24) is 0 Å². The Morgan fingerprint density at radius 1 is 1.37 bits per heavy atom. The quantitative estimate of drug-likeness (QED) is 0.774. The summed E-state index contributed by atoms with van der Waals surface area (Å²) in [6.45, 7) is 6.89. The van der Waals surface area contributed by atoms with Crippen molar-refractivity contribution < 1.29 is 19.8 Å². The minimum Gasteiger partial charge on any atom is -0.507 e. The fourth-order valence-electron chi connectivity index (χ4n) is 1.53. The zero-order valence-corrected chi connectivity index (χ0v) is 11.6.